The van der Waals surface area contributed by atoms with Crippen LogP contribution in [0.4, 0.5) is 0 Å². The molecule has 0 bridgehead atoms. The van der Waals surface area contributed by atoms with E-state index >= 15 is 0 Å². The summed E-state index contributed by atoms with van der Waals surface area (Å²) in [5, 5.41) is 11.5. The van der Waals surface area contributed by atoms with Gasteiger partial charge in [0.15, 0.2) is 0 Å². The zero-order valence-corrected chi connectivity index (χ0v) is 9.20. The van der Waals surface area contributed by atoms with E-state index in [4.69, 9.17) is 0 Å². The van der Waals surface area contributed by atoms with Gasteiger partial charge in [0, 0.05) is 20.1 Å². The number of hydrogen-bond acceptors (Lipinski definition) is 4. The topological polar surface area (TPSA) is 56.5 Å². The third kappa shape index (κ3) is 2.17. The van der Waals surface area contributed by atoms with Crippen molar-refractivity contribution < 1.29 is 20.1 Å². The Hall–Kier alpha value is -1.13. The number of pyridine rings is 1. The Morgan fingerprint density at radius 2 is 2.31 bits per heavy atom. The number of aryl methyl sites for hydroxylation is 1. The minimum Gasteiger partial charge on any atom is -0.360 e. The van der Waals surface area contributed by atoms with Crippen molar-refractivity contribution in [3.63, 3.8) is 0 Å². The van der Waals surface area contributed by atoms with E-state index in [9.17, 15) is 0 Å². The fraction of sp³-hybridized carbons (Fsp3) is 0.143. The molecule has 0 aliphatic heterocycles. The van der Waals surface area contributed by atoms with Crippen molar-refractivity contribution in [1.82, 2.24) is 25.2 Å². The summed E-state index contributed by atoms with van der Waals surface area (Å²) in [5.74, 6) is 0.547. The number of aromatic nitrogens is 5. The Morgan fingerprint density at radius 1 is 1.46 bits per heavy atom. The van der Waals surface area contributed by atoms with E-state index in [1.165, 1.54) is 4.80 Å². The first-order valence-electron chi connectivity index (χ1n) is 3.43. The smallest absolute Gasteiger partial charge is 0.122 e. The van der Waals surface area contributed by atoms with Gasteiger partial charge < -0.3 is 4.98 Å². The predicted molar refractivity (Wildman–Crippen MR) is 40.9 cm³/mol. The molecule has 2 aromatic rings. The zero-order valence-electron chi connectivity index (χ0n) is 6.80. The molecule has 2 rings (SSSR count). The van der Waals surface area contributed by atoms with Crippen LogP contribution in [0.3, 0.4) is 0 Å². The fourth-order valence-electron chi connectivity index (χ4n) is 0.843. The fourth-order valence-corrected chi connectivity index (χ4v) is 0.843. The van der Waals surface area contributed by atoms with Gasteiger partial charge in [-0.2, -0.15) is 15.0 Å². The summed E-state index contributed by atoms with van der Waals surface area (Å²) >= 11 is 0. The molecule has 0 spiro atoms. The van der Waals surface area contributed by atoms with Gasteiger partial charge >= 0.3 is 0 Å². The molecule has 2 heterocycles. The molecule has 0 saturated carbocycles. The van der Waals surface area contributed by atoms with Gasteiger partial charge in [0.2, 0.25) is 0 Å². The van der Waals surface area contributed by atoms with Crippen molar-refractivity contribution in [2.24, 2.45) is 7.05 Å². The largest absolute Gasteiger partial charge is 0.360 e. The molecule has 0 N–H and O–H groups in total. The molecule has 0 fully saturated rings. The first-order valence-corrected chi connectivity index (χ1v) is 3.43. The van der Waals surface area contributed by atoms with Crippen molar-refractivity contribution in [3.8, 4) is 11.4 Å². The maximum Gasteiger partial charge on any atom is 0.122 e. The molecule has 0 saturated heterocycles. The number of nitrogens with zero attached hydrogens (tertiary/aromatic N) is 5. The van der Waals surface area contributed by atoms with Crippen molar-refractivity contribution in [2.45, 2.75) is 0 Å². The average molecular weight is 352 g/mol. The average Bonchev–Trinajstić information content (AvgIpc) is 2.54. The quantitative estimate of drug-likeness (QED) is 0.682. The molecule has 0 unspecified atom stereocenters. The number of hydrogen-bond donors (Lipinski definition) is 0. The molecule has 6 heteroatoms. The van der Waals surface area contributed by atoms with Crippen LogP contribution in [0.5, 0.6) is 0 Å². The first kappa shape index (κ1) is 9.95. The van der Waals surface area contributed by atoms with Crippen LogP contribution in [0.1, 0.15) is 0 Å². The van der Waals surface area contributed by atoms with E-state index < -0.39 is 0 Å². The van der Waals surface area contributed by atoms with Crippen LogP contribution in [0.15, 0.2) is 18.3 Å². The van der Waals surface area contributed by atoms with Gasteiger partial charge in [-0.25, -0.2) is 0 Å². The second-order valence-corrected chi connectivity index (χ2v) is 2.27. The molecule has 69 valence electrons. The summed E-state index contributed by atoms with van der Waals surface area (Å²) in [7, 11) is 1.72. The summed E-state index contributed by atoms with van der Waals surface area (Å²) in [5.41, 5.74) is 0.755. The molecular formula is C7H6IrN5-. The maximum atomic E-state index is 4.00. The Balaban J connectivity index is 0.000000845. The summed E-state index contributed by atoms with van der Waals surface area (Å²) < 4.78 is 0. The SMILES string of the molecule is Cn1nnc(-c2[c-]nccc2)n1.[Ir]. The van der Waals surface area contributed by atoms with E-state index in [2.05, 4.69) is 26.6 Å². The van der Waals surface area contributed by atoms with E-state index in [1.807, 2.05) is 12.1 Å². The minimum atomic E-state index is 0. The molecule has 13 heavy (non-hydrogen) atoms. The van der Waals surface area contributed by atoms with Gasteiger partial charge in [-0.05, 0) is 6.20 Å². The molecule has 2 aromatic heterocycles. The number of rotatable bonds is 1. The standard InChI is InChI=1S/C7H6N5.Ir/c1-12-10-7(9-11-12)6-3-2-4-8-5-6;/h2-4H,1H3;/q-1;. The summed E-state index contributed by atoms with van der Waals surface area (Å²) in [6, 6.07) is 3.65. The molecule has 0 amide bonds. The van der Waals surface area contributed by atoms with Gasteiger partial charge in [0.1, 0.15) is 5.82 Å². The summed E-state index contributed by atoms with van der Waals surface area (Å²) in [6.07, 6.45) is 4.42. The van der Waals surface area contributed by atoms with E-state index in [0.717, 1.165) is 5.56 Å². The summed E-state index contributed by atoms with van der Waals surface area (Å²) in [4.78, 5) is 5.23. The first-order chi connectivity index (χ1) is 5.86. The van der Waals surface area contributed by atoms with Crippen LogP contribution < -0.4 is 0 Å². The zero-order chi connectivity index (χ0) is 8.39. The van der Waals surface area contributed by atoms with Gasteiger partial charge in [-0.15, -0.1) is 12.1 Å². The molecule has 0 atom stereocenters. The van der Waals surface area contributed by atoms with Crippen LogP contribution in [-0.2, 0) is 27.2 Å². The molecule has 5 nitrogen and oxygen atoms in total. The van der Waals surface area contributed by atoms with Crippen LogP contribution in [-0.4, -0.2) is 25.2 Å². The second-order valence-electron chi connectivity index (χ2n) is 2.27. The third-order valence-electron chi connectivity index (χ3n) is 1.36. The van der Waals surface area contributed by atoms with Crippen molar-refractivity contribution in [3.05, 3.63) is 24.5 Å². The Morgan fingerprint density at radius 3 is 2.85 bits per heavy atom. The van der Waals surface area contributed by atoms with E-state index in [1.54, 1.807) is 13.2 Å². The second kappa shape index (κ2) is 4.20. The predicted octanol–water partition coefficient (Wildman–Crippen LogP) is 0.0698. The Kier molecular flexibility index (Phi) is 3.22. The summed E-state index contributed by atoms with van der Waals surface area (Å²) in [6.45, 7) is 0. The van der Waals surface area contributed by atoms with Gasteiger partial charge in [-0.1, -0.05) is 17.0 Å². The van der Waals surface area contributed by atoms with Gasteiger partial charge in [-0.3, -0.25) is 0 Å². The van der Waals surface area contributed by atoms with Gasteiger partial charge in [0.25, 0.3) is 0 Å². The normalized spacial score (nSPS) is 9.31. The van der Waals surface area contributed by atoms with Gasteiger partial charge in [0.05, 0.1) is 7.05 Å². The van der Waals surface area contributed by atoms with Crippen molar-refractivity contribution in [2.75, 3.05) is 0 Å². The molecule has 0 aliphatic rings. The monoisotopic (exact) mass is 353 g/mol. The Labute approximate surface area is 88.5 Å². The Bertz CT molecular complexity index is 371. The van der Waals surface area contributed by atoms with Crippen molar-refractivity contribution in [1.29, 1.82) is 0 Å². The van der Waals surface area contributed by atoms with Crippen LogP contribution in [0, 0.1) is 6.20 Å². The number of tetrazole rings is 1. The van der Waals surface area contributed by atoms with E-state index in [0.29, 0.717) is 5.82 Å². The van der Waals surface area contributed by atoms with E-state index in [-0.39, 0.29) is 20.1 Å². The van der Waals surface area contributed by atoms with Crippen LogP contribution in [0.2, 0.25) is 0 Å². The molecule has 1 radical (unpaired) electrons. The van der Waals surface area contributed by atoms with Crippen LogP contribution in [0.25, 0.3) is 11.4 Å². The minimum absolute atomic E-state index is 0. The molecular weight excluding hydrogens is 346 g/mol. The van der Waals surface area contributed by atoms with Crippen molar-refractivity contribution >= 4 is 0 Å². The molecule has 0 aliphatic carbocycles. The molecule has 0 aromatic carbocycles. The third-order valence-corrected chi connectivity index (χ3v) is 1.36. The van der Waals surface area contributed by atoms with Crippen LogP contribution >= 0.6 is 0 Å². The maximum absolute atomic E-state index is 4.00.